The fourth-order valence-corrected chi connectivity index (χ4v) is 4.14. The Hall–Kier alpha value is -3.33. The van der Waals surface area contributed by atoms with Gasteiger partial charge in [-0.1, -0.05) is 46.3 Å². The number of carbonyl (C=O) groups is 3. The van der Waals surface area contributed by atoms with Crippen molar-refractivity contribution in [2.24, 2.45) is 0 Å². The number of halogens is 1. The molecular weight excluding hydrogens is 490 g/mol. The van der Waals surface area contributed by atoms with Crippen molar-refractivity contribution in [2.45, 2.75) is 6.92 Å². The molecule has 8 nitrogen and oxygen atoms in total. The van der Waals surface area contributed by atoms with Gasteiger partial charge >= 0.3 is 6.09 Å². The first-order valence-electron chi connectivity index (χ1n) is 10.7. The third-order valence-corrected chi connectivity index (χ3v) is 6.20. The van der Waals surface area contributed by atoms with Gasteiger partial charge in [-0.25, -0.2) is 4.79 Å². The molecule has 3 amide bonds. The van der Waals surface area contributed by atoms with Crippen molar-refractivity contribution in [3.63, 3.8) is 0 Å². The van der Waals surface area contributed by atoms with E-state index in [1.165, 1.54) is 4.90 Å². The Kier molecular flexibility index (Phi) is 6.98. The number of amides is 3. The van der Waals surface area contributed by atoms with Gasteiger partial charge in [0.05, 0.1) is 12.3 Å². The second kappa shape index (κ2) is 10.1. The molecule has 0 radical (unpaired) electrons. The van der Waals surface area contributed by atoms with E-state index in [2.05, 4.69) is 15.9 Å². The first-order valence-corrected chi connectivity index (χ1v) is 11.5. The van der Waals surface area contributed by atoms with Gasteiger partial charge in [0.2, 0.25) is 5.91 Å². The van der Waals surface area contributed by atoms with Gasteiger partial charge in [0, 0.05) is 30.7 Å². The molecule has 0 bridgehead atoms. The SMILES string of the molecule is CCOC(=O)N1CCN(C(=O)CN2C(=O)/C(=C\c3ccccc3Br)Oc3ccccc32)CC1. The smallest absolute Gasteiger partial charge is 0.409 e. The molecule has 2 heterocycles. The Labute approximate surface area is 200 Å². The Morgan fingerprint density at radius 1 is 1.03 bits per heavy atom. The van der Waals surface area contributed by atoms with Gasteiger partial charge in [-0.15, -0.1) is 0 Å². The third-order valence-electron chi connectivity index (χ3n) is 5.48. The number of hydrogen-bond acceptors (Lipinski definition) is 5. The van der Waals surface area contributed by atoms with Crippen LogP contribution in [0.5, 0.6) is 5.75 Å². The molecule has 1 saturated heterocycles. The molecule has 0 N–H and O–H groups in total. The molecule has 33 heavy (non-hydrogen) atoms. The van der Waals surface area contributed by atoms with E-state index >= 15 is 0 Å². The first kappa shape index (κ1) is 22.8. The summed E-state index contributed by atoms with van der Waals surface area (Å²) in [4.78, 5) is 43.0. The Morgan fingerprint density at radius 2 is 1.70 bits per heavy atom. The van der Waals surface area contributed by atoms with Gasteiger partial charge in [-0.3, -0.25) is 14.5 Å². The van der Waals surface area contributed by atoms with Crippen LogP contribution in [0.4, 0.5) is 10.5 Å². The zero-order chi connectivity index (χ0) is 23.4. The van der Waals surface area contributed by atoms with Gasteiger partial charge in [0.1, 0.15) is 6.54 Å². The third kappa shape index (κ3) is 5.03. The number of carbonyl (C=O) groups excluding carboxylic acids is 3. The average molecular weight is 514 g/mol. The number of ether oxygens (including phenoxy) is 2. The number of para-hydroxylation sites is 2. The van der Waals surface area contributed by atoms with Crippen LogP contribution >= 0.6 is 15.9 Å². The minimum Gasteiger partial charge on any atom is -0.450 e. The number of piperazine rings is 1. The number of rotatable bonds is 4. The maximum absolute atomic E-state index is 13.3. The molecule has 2 aromatic rings. The second-order valence-corrected chi connectivity index (χ2v) is 8.41. The van der Waals surface area contributed by atoms with Gasteiger partial charge in [-0.2, -0.15) is 0 Å². The number of anilines is 1. The summed E-state index contributed by atoms with van der Waals surface area (Å²) in [7, 11) is 0. The predicted octanol–water partition coefficient (Wildman–Crippen LogP) is 3.52. The Balaban J connectivity index is 1.52. The number of nitrogens with zero attached hydrogens (tertiary/aromatic N) is 3. The quantitative estimate of drug-likeness (QED) is 0.584. The van der Waals surface area contributed by atoms with Gasteiger partial charge in [-0.05, 0) is 36.8 Å². The van der Waals surface area contributed by atoms with E-state index in [1.807, 2.05) is 30.3 Å². The lowest BCUT2D eigenvalue weighted by atomic mass is 10.1. The molecule has 2 aliphatic heterocycles. The molecule has 2 aliphatic rings. The molecule has 0 spiro atoms. The largest absolute Gasteiger partial charge is 0.450 e. The number of benzene rings is 2. The van der Waals surface area contributed by atoms with Crippen molar-refractivity contribution in [3.8, 4) is 5.75 Å². The molecule has 0 saturated carbocycles. The summed E-state index contributed by atoms with van der Waals surface area (Å²) >= 11 is 3.48. The minimum absolute atomic E-state index is 0.119. The van der Waals surface area contributed by atoms with Crippen molar-refractivity contribution in [1.82, 2.24) is 9.80 Å². The maximum atomic E-state index is 13.3. The maximum Gasteiger partial charge on any atom is 0.409 e. The van der Waals surface area contributed by atoms with Crippen LogP contribution in [0.25, 0.3) is 6.08 Å². The van der Waals surface area contributed by atoms with Crippen LogP contribution in [-0.4, -0.2) is 67.0 Å². The molecule has 2 aromatic carbocycles. The van der Waals surface area contributed by atoms with Crippen molar-refractivity contribution in [1.29, 1.82) is 0 Å². The lowest BCUT2D eigenvalue weighted by molar-refractivity contribution is -0.132. The standard InChI is InChI=1S/C24H24BrN3O5/c1-2-32-24(31)27-13-11-26(12-14-27)22(29)16-28-19-9-5-6-10-20(19)33-21(23(28)30)15-17-7-3-4-8-18(17)25/h3-10,15H,2,11-14,16H2,1H3/b21-15+. The topological polar surface area (TPSA) is 79.4 Å². The molecule has 0 unspecified atom stereocenters. The van der Waals surface area contributed by atoms with Crippen molar-refractivity contribution < 1.29 is 23.9 Å². The normalized spacial score (nSPS) is 17.0. The summed E-state index contributed by atoms with van der Waals surface area (Å²) in [5.41, 5.74) is 1.34. The molecule has 0 aromatic heterocycles. The van der Waals surface area contributed by atoms with Crippen LogP contribution in [0.1, 0.15) is 12.5 Å². The fraction of sp³-hybridized carbons (Fsp3) is 0.292. The van der Waals surface area contributed by atoms with E-state index in [4.69, 9.17) is 9.47 Å². The summed E-state index contributed by atoms with van der Waals surface area (Å²) < 4.78 is 11.7. The average Bonchev–Trinajstić information content (AvgIpc) is 2.83. The predicted molar refractivity (Wildman–Crippen MR) is 127 cm³/mol. The number of hydrogen-bond donors (Lipinski definition) is 0. The fourth-order valence-electron chi connectivity index (χ4n) is 3.74. The van der Waals surface area contributed by atoms with Gasteiger partial charge < -0.3 is 19.3 Å². The van der Waals surface area contributed by atoms with Gasteiger partial charge in [0.15, 0.2) is 11.5 Å². The molecule has 9 heteroatoms. The van der Waals surface area contributed by atoms with Gasteiger partial charge in [0.25, 0.3) is 5.91 Å². The summed E-state index contributed by atoms with van der Waals surface area (Å²) in [6.07, 6.45) is 1.29. The van der Waals surface area contributed by atoms with Crippen LogP contribution in [0.3, 0.4) is 0 Å². The summed E-state index contributed by atoms with van der Waals surface area (Å²) in [6, 6.07) is 14.7. The second-order valence-electron chi connectivity index (χ2n) is 7.56. The summed E-state index contributed by atoms with van der Waals surface area (Å²) in [5, 5.41) is 0. The first-order chi connectivity index (χ1) is 16.0. The number of fused-ring (bicyclic) bond motifs is 1. The lowest BCUT2D eigenvalue weighted by Crippen LogP contribution is -2.53. The Morgan fingerprint density at radius 3 is 2.42 bits per heavy atom. The van der Waals surface area contributed by atoms with Crippen LogP contribution in [0, 0.1) is 0 Å². The summed E-state index contributed by atoms with van der Waals surface area (Å²) in [6.45, 7) is 3.51. The van der Waals surface area contributed by atoms with Crippen LogP contribution in [0.15, 0.2) is 58.8 Å². The van der Waals surface area contributed by atoms with Crippen LogP contribution in [0.2, 0.25) is 0 Å². The van der Waals surface area contributed by atoms with E-state index in [0.717, 1.165) is 10.0 Å². The highest BCUT2D eigenvalue weighted by molar-refractivity contribution is 9.10. The van der Waals surface area contributed by atoms with Crippen LogP contribution < -0.4 is 9.64 Å². The van der Waals surface area contributed by atoms with E-state index < -0.39 is 0 Å². The molecule has 0 aliphatic carbocycles. The van der Waals surface area contributed by atoms with E-state index in [0.29, 0.717) is 44.2 Å². The highest BCUT2D eigenvalue weighted by Gasteiger charge is 2.34. The minimum atomic E-state index is -0.386. The van der Waals surface area contributed by atoms with Crippen molar-refractivity contribution >= 4 is 45.6 Å². The van der Waals surface area contributed by atoms with Crippen molar-refractivity contribution in [2.75, 3.05) is 44.2 Å². The monoisotopic (exact) mass is 513 g/mol. The zero-order valence-electron chi connectivity index (χ0n) is 18.2. The Bertz CT molecular complexity index is 1100. The molecule has 1 fully saturated rings. The highest BCUT2D eigenvalue weighted by atomic mass is 79.9. The highest BCUT2D eigenvalue weighted by Crippen LogP contribution is 2.36. The lowest BCUT2D eigenvalue weighted by Gasteiger charge is -2.36. The van der Waals surface area contributed by atoms with E-state index in [-0.39, 0.29) is 30.2 Å². The van der Waals surface area contributed by atoms with E-state index in [9.17, 15) is 14.4 Å². The van der Waals surface area contributed by atoms with Crippen LogP contribution in [-0.2, 0) is 14.3 Å². The zero-order valence-corrected chi connectivity index (χ0v) is 19.8. The van der Waals surface area contributed by atoms with E-state index in [1.54, 1.807) is 41.0 Å². The molecule has 0 atom stereocenters. The summed E-state index contributed by atoms with van der Waals surface area (Å²) in [5.74, 6) is 0.0719. The molecule has 172 valence electrons. The van der Waals surface area contributed by atoms with Crippen molar-refractivity contribution in [3.05, 3.63) is 64.3 Å². The molecular formula is C24H24BrN3O5. The molecule has 4 rings (SSSR count).